The Bertz CT molecular complexity index is 527. The first-order valence-electron chi connectivity index (χ1n) is 6.87. The van der Waals surface area contributed by atoms with E-state index >= 15 is 0 Å². The van der Waals surface area contributed by atoms with Gasteiger partial charge in [-0.25, -0.2) is 0 Å². The lowest BCUT2D eigenvalue weighted by atomic mass is 9.46. The van der Waals surface area contributed by atoms with Crippen LogP contribution in [0.2, 0.25) is 0 Å². The molecule has 17 heavy (non-hydrogen) atoms. The topological polar surface area (TPSA) is 46.2 Å². The van der Waals surface area contributed by atoms with Crippen LogP contribution in [-0.4, -0.2) is 11.7 Å². The van der Waals surface area contributed by atoms with E-state index in [0.29, 0.717) is 24.1 Å². The number of aliphatic hydroxyl groups excluding tert-OH is 1. The van der Waals surface area contributed by atoms with E-state index in [9.17, 15) is 5.11 Å². The molecule has 4 fully saturated rings. The van der Waals surface area contributed by atoms with Gasteiger partial charge in [-0.2, -0.15) is 0 Å². The normalized spacial score (nSPS) is 52.3. The maximum absolute atomic E-state index is 10.1. The lowest BCUT2D eigenvalue weighted by Crippen LogP contribution is -2.53. The molecular weight excluding hydrogens is 210 g/mol. The van der Waals surface area contributed by atoms with Crippen LogP contribution in [0.1, 0.15) is 12.8 Å². The van der Waals surface area contributed by atoms with E-state index in [1.807, 2.05) is 6.08 Å². The Morgan fingerprint density at radius 1 is 1.12 bits per heavy atom. The molecule has 6 unspecified atom stereocenters. The van der Waals surface area contributed by atoms with E-state index in [1.165, 1.54) is 24.0 Å². The third kappa shape index (κ3) is 0.777. The number of hydrogen-bond acceptors (Lipinski definition) is 2. The van der Waals surface area contributed by atoms with Gasteiger partial charge in [0.1, 0.15) is 5.76 Å². The van der Waals surface area contributed by atoms with Crippen molar-refractivity contribution in [2.75, 3.05) is 6.54 Å². The van der Waals surface area contributed by atoms with Crippen LogP contribution in [-0.2, 0) is 0 Å². The van der Waals surface area contributed by atoms with Gasteiger partial charge >= 0.3 is 0 Å². The predicted octanol–water partition coefficient (Wildman–Crippen LogP) is 2.16. The van der Waals surface area contributed by atoms with Crippen molar-refractivity contribution in [3.05, 3.63) is 34.6 Å². The van der Waals surface area contributed by atoms with Gasteiger partial charge in [0.2, 0.25) is 0 Å². The van der Waals surface area contributed by atoms with Gasteiger partial charge in [-0.15, -0.1) is 0 Å². The van der Waals surface area contributed by atoms with Crippen molar-refractivity contribution < 1.29 is 5.11 Å². The monoisotopic (exact) mass is 227 g/mol. The molecule has 3 N–H and O–H groups in total. The van der Waals surface area contributed by atoms with Crippen molar-refractivity contribution in [1.29, 1.82) is 0 Å². The molecule has 5 aliphatic carbocycles. The van der Waals surface area contributed by atoms with Crippen LogP contribution in [0.4, 0.5) is 0 Å². The number of fused-ring (bicyclic) bond motifs is 7. The van der Waals surface area contributed by atoms with Gasteiger partial charge in [0.25, 0.3) is 0 Å². The second-order valence-corrected chi connectivity index (χ2v) is 6.37. The Balaban J connectivity index is 1.71. The average Bonchev–Trinajstić information content (AvgIpc) is 2.95. The van der Waals surface area contributed by atoms with Gasteiger partial charge in [0, 0.05) is 12.5 Å². The van der Waals surface area contributed by atoms with Gasteiger partial charge in [-0.05, 0) is 59.7 Å². The van der Waals surface area contributed by atoms with Crippen LogP contribution in [0.3, 0.4) is 0 Å². The van der Waals surface area contributed by atoms with E-state index in [4.69, 9.17) is 5.73 Å². The Labute approximate surface area is 101 Å². The summed E-state index contributed by atoms with van der Waals surface area (Å²) < 4.78 is 0. The molecule has 0 bridgehead atoms. The Hall–Kier alpha value is -1.02. The van der Waals surface area contributed by atoms with Crippen molar-refractivity contribution in [3.63, 3.8) is 0 Å². The number of rotatable bonds is 1. The summed E-state index contributed by atoms with van der Waals surface area (Å²) in [6.07, 6.45) is 6.81. The van der Waals surface area contributed by atoms with Crippen molar-refractivity contribution in [2.24, 2.45) is 41.2 Å². The van der Waals surface area contributed by atoms with Gasteiger partial charge in [-0.3, -0.25) is 0 Å². The summed E-state index contributed by atoms with van der Waals surface area (Å²) in [5.41, 5.74) is 10.2. The van der Waals surface area contributed by atoms with E-state index in [1.54, 1.807) is 5.57 Å². The highest BCUT2D eigenvalue weighted by Gasteiger charge is 2.73. The zero-order valence-corrected chi connectivity index (χ0v) is 9.76. The first-order valence-corrected chi connectivity index (χ1v) is 6.87. The van der Waals surface area contributed by atoms with Crippen LogP contribution in [0, 0.1) is 35.5 Å². The third-order valence-electron chi connectivity index (χ3n) is 6.14. The highest BCUT2D eigenvalue weighted by Crippen LogP contribution is 2.79. The largest absolute Gasteiger partial charge is 0.508 e. The summed E-state index contributed by atoms with van der Waals surface area (Å²) in [5.74, 6) is 5.48. The van der Waals surface area contributed by atoms with E-state index in [2.05, 4.69) is 6.08 Å². The van der Waals surface area contributed by atoms with E-state index in [-0.39, 0.29) is 0 Å². The molecule has 0 spiro atoms. The molecule has 0 aromatic carbocycles. The molecule has 0 aliphatic heterocycles. The fourth-order valence-electron chi connectivity index (χ4n) is 5.39. The number of aliphatic hydroxyl groups is 1. The van der Waals surface area contributed by atoms with Crippen LogP contribution in [0.25, 0.3) is 0 Å². The molecule has 0 radical (unpaired) electrons. The fourth-order valence-corrected chi connectivity index (χ4v) is 5.39. The fraction of sp³-hybridized carbons (Fsp3) is 0.600. The van der Waals surface area contributed by atoms with Crippen molar-refractivity contribution in [1.82, 2.24) is 0 Å². The molecule has 6 atom stereocenters. The number of nitrogens with two attached hydrogens (primary N) is 1. The zero-order valence-electron chi connectivity index (χ0n) is 9.76. The summed E-state index contributed by atoms with van der Waals surface area (Å²) >= 11 is 0. The van der Waals surface area contributed by atoms with Crippen molar-refractivity contribution in [3.8, 4) is 0 Å². The summed E-state index contributed by atoms with van der Waals surface area (Å²) in [4.78, 5) is 0. The predicted molar refractivity (Wildman–Crippen MR) is 65.0 cm³/mol. The average molecular weight is 227 g/mol. The first-order chi connectivity index (χ1) is 8.33. The van der Waals surface area contributed by atoms with E-state index < -0.39 is 0 Å². The molecule has 5 aliphatic rings. The molecule has 5 rings (SSSR count). The second kappa shape index (κ2) is 2.54. The van der Waals surface area contributed by atoms with Gasteiger partial charge in [0.15, 0.2) is 0 Å². The molecule has 0 heterocycles. The van der Waals surface area contributed by atoms with Gasteiger partial charge in [0.05, 0.1) is 0 Å². The summed E-state index contributed by atoms with van der Waals surface area (Å²) in [6.45, 7) is 0.635. The molecule has 0 saturated heterocycles. The quantitative estimate of drug-likeness (QED) is 0.721. The maximum Gasteiger partial charge on any atom is 0.115 e. The Morgan fingerprint density at radius 2 is 1.94 bits per heavy atom. The minimum Gasteiger partial charge on any atom is -0.508 e. The lowest BCUT2D eigenvalue weighted by Gasteiger charge is -2.59. The zero-order chi connectivity index (χ0) is 11.3. The van der Waals surface area contributed by atoms with Gasteiger partial charge in [-0.1, -0.05) is 11.6 Å². The summed E-state index contributed by atoms with van der Waals surface area (Å²) in [6, 6.07) is 0. The molecule has 0 aromatic heterocycles. The van der Waals surface area contributed by atoms with Crippen LogP contribution in [0.5, 0.6) is 0 Å². The summed E-state index contributed by atoms with van der Waals surface area (Å²) in [5, 5.41) is 10.1. The molecule has 2 nitrogen and oxygen atoms in total. The highest BCUT2D eigenvalue weighted by atomic mass is 16.3. The van der Waals surface area contributed by atoms with Crippen molar-refractivity contribution >= 4 is 0 Å². The second-order valence-electron chi connectivity index (χ2n) is 6.37. The first kappa shape index (κ1) is 8.98. The molecule has 2 heteroatoms. The highest BCUT2D eigenvalue weighted by molar-refractivity contribution is 5.59. The van der Waals surface area contributed by atoms with Gasteiger partial charge < -0.3 is 10.8 Å². The van der Waals surface area contributed by atoms with E-state index in [0.717, 1.165) is 23.7 Å². The van der Waals surface area contributed by atoms with Crippen LogP contribution in [0.15, 0.2) is 34.6 Å². The molecule has 88 valence electrons. The third-order valence-corrected chi connectivity index (χ3v) is 6.14. The minimum absolute atomic E-state index is 0.544. The Kier molecular flexibility index (Phi) is 1.34. The Morgan fingerprint density at radius 3 is 2.65 bits per heavy atom. The SMILES string of the molecule is NCC1=C2C3C(=C(O)C=C1)C3C1C3CCC3C21. The van der Waals surface area contributed by atoms with Crippen LogP contribution >= 0.6 is 0 Å². The molecule has 0 amide bonds. The number of allylic oxidation sites excluding steroid dienone is 3. The maximum atomic E-state index is 10.1. The molecular formula is C15H17NO. The van der Waals surface area contributed by atoms with Crippen molar-refractivity contribution in [2.45, 2.75) is 12.8 Å². The van der Waals surface area contributed by atoms with Crippen LogP contribution < -0.4 is 5.73 Å². The minimum atomic E-state index is 0.544. The molecule has 0 aromatic rings. The molecule has 4 saturated carbocycles. The lowest BCUT2D eigenvalue weighted by molar-refractivity contribution is -0.0772. The number of hydrogen-bond donors (Lipinski definition) is 2. The standard InChI is InChI=1S/C15H17NO/c16-5-6-1-4-9(17)13-14-10(6)11-7-2-3-8(7)12(11)15(13)14/h1,4,7-8,11-12,14-15,17H,2-3,5,16H2. The summed E-state index contributed by atoms with van der Waals surface area (Å²) in [7, 11) is 0. The smallest absolute Gasteiger partial charge is 0.115 e.